The highest BCUT2D eigenvalue weighted by molar-refractivity contribution is 7.80. The van der Waals surface area contributed by atoms with E-state index in [1.807, 2.05) is 24.3 Å². The van der Waals surface area contributed by atoms with Crippen molar-refractivity contribution < 1.29 is 9.47 Å². The lowest BCUT2D eigenvalue weighted by molar-refractivity contribution is 0.0226. The molecule has 0 unspecified atom stereocenters. The van der Waals surface area contributed by atoms with Gasteiger partial charge in [0, 0.05) is 12.0 Å². The van der Waals surface area contributed by atoms with Gasteiger partial charge >= 0.3 is 0 Å². The first-order valence-electron chi connectivity index (χ1n) is 7.40. The van der Waals surface area contributed by atoms with Crippen molar-refractivity contribution in [1.29, 1.82) is 0 Å². The third kappa shape index (κ3) is 5.10. The molecule has 1 fully saturated rings. The highest BCUT2D eigenvalue weighted by Crippen LogP contribution is 2.20. The fraction of sp³-hybridized carbons (Fsp3) is 0.562. The van der Waals surface area contributed by atoms with E-state index in [-0.39, 0.29) is 0 Å². The molecular weight excluding hydrogens is 270 g/mol. The third-order valence-corrected chi connectivity index (χ3v) is 3.82. The molecule has 2 rings (SSSR count). The van der Waals surface area contributed by atoms with Crippen LogP contribution >= 0.6 is 12.2 Å². The van der Waals surface area contributed by atoms with Crippen molar-refractivity contribution in [3.63, 3.8) is 0 Å². The Morgan fingerprint density at radius 3 is 2.75 bits per heavy atom. The summed E-state index contributed by atoms with van der Waals surface area (Å²) in [6.45, 7) is 1.44. The van der Waals surface area contributed by atoms with Crippen molar-refractivity contribution in [1.82, 2.24) is 0 Å². The summed E-state index contributed by atoms with van der Waals surface area (Å²) in [6, 6.07) is 7.60. The molecule has 0 bridgehead atoms. The van der Waals surface area contributed by atoms with Crippen LogP contribution in [0.4, 0.5) is 0 Å². The van der Waals surface area contributed by atoms with Crippen LogP contribution < -0.4 is 10.5 Å². The minimum atomic E-state index is 0.399. The minimum absolute atomic E-state index is 0.399. The average Bonchev–Trinajstić information content (AvgIpc) is 2.48. The Hall–Kier alpha value is -1.13. The van der Waals surface area contributed by atoms with Crippen molar-refractivity contribution in [3.8, 4) is 5.75 Å². The Kier molecular flexibility index (Phi) is 6.27. The zero-order valence-electron chi connectivity index (χ0n) is 11.8. The summed E-state index contributed by atoms with van der Waals surface area (Å²) in [5, 5.41) is 0. The Morgan fingerprint density at radius 2 is 2.00 bits per heavy atom. The maximum absolute atomic E-state index is 5.86. The quantitative estimate of drug-likeness (QED) is 0.618. The molecule has 0 aromatic heterocycles. The van der Waals surface area contributed by atoms with E-state index in [0.29, 0.717) is 17.7 Å². The van der Waals surface area contributed by atoms with Gasteiger partial charge in [-0.05, 0) is 25.0 Å². The van der Waals surface area contributed by atoms with Gasteiger partial charge in [-0.25, -0.2) is 0 Å². The van der Waals surface area contributed by atoms with Gasteiger partial charge in [-0.1, -0.05) is 43.6 Å². The lowest BCUT2D eigenvalue weighted by Crippen LogP contribution is -2.18. The van der Waals surface area contributed by atoms with E-state index in [1.54, 1.807) is 0 Å². The lowest BCUT2D eigenvalue weighted by atomic mass is 9.98. The monoisotopic (exact) mass is 293 g/mol. The van der Waals surface area contributed by atoms with Crippen molar-refractivity contribution in [3.05, 3.63) is 29.8 Å². The van der Waals surface area contributed by atoms with Crippen LogP contribution in [-0.2, 0) is 4.74 Å². The normalized spacial score (nSPS) is 16.0. The highest BCUT2D eigenvalue weighted by atomic mass is 32.1. The van der Waals surface area contributed by atoms with Gasteiger partial charge in [0.15, 0.2) is 0 Å². The number of thiocarbonyl (C=S) groups is 1. The molecule has 2 N–H and O–H groups in total. The van der Waals surface area contributed by atoms with Gasteiger partial charge in [-0.15, -0.1) is 0 Å². The molecule has 0 amide bonds. The lowest BCUT2D eigenvalue weighted by Gasteiger charge is -2.21. The van der Waals surface area contributed by atoms with E-state index < -0.39 is 0 Å². The second kappa shape index (κ2) is 8.22. The van der Waals surface area contributed by atoms with E-state index in [9.17, 15) is 0 Å². The first kappa shape index (κ1) is 15.3. The molecule has 20 heavy (non-hydrogen) atoms. The number of benzene rings is 1. The molecular formula is C16H23NO2S. The van der Waals surface area contributed by atoms with Crippen molar-refractivity contribution in [2.75, 3.05) is 13.2 Å². The fourth-order valence-corrected chi connectivity index (χ4v) is 2.60. The number of hydrogen-bond donors (Lipinski definition) is 1. The summed E-state index contributed by atoms with van der Waals surface area (Å²) in [4.78, 5) is 0.399. The van der Waals surface area contributed by atoms with Crippen LogP contribution in [0.2, 0.25) is 0 Å². The van der Waals surface area contributed by atoms with Gasteiger partial charge in [0.05, 0.1) is 19.3 Å². The first-order chi connectivity index (χ1) is 9.75. The standard InChI is InChI=1S/C16H23NO2S/c17-16(20)13-6-4-9-15(12-13)19-11-5-10-18-14-7-2-1-3-8-14/h4,6,9,12,14H,1-3,5,7-8,10-11H2,(H2,17,20). The zero-order chi connectivity index (χ0) is 14.2. The maximum atomic E-state index is 5.86. The molecule has 0 saturated heterocycles. The fourth-order valence-electron chi connectivity index (χ4n) is 2.47. The Balaban J connectivity index is 1.63. The van der Waals surface area contributed by atoms with Crippen molar-refractivity contribution in [2.45, 2.75) is 44.6 Å². The van der Waals surface area contributed by atoms with Crippen molar-refractivity contribution >= 4 is 17.2 Å². The van der Waals surface area contributed by atoms with Crippen LogP contribution in [0, 0.1) is 0 Å². The van der Waals surface area contributed by atoms with E-state index in [0.717, 1.165) is 24.3 Å². The molecule has 1 aliphatic rings. The van der Waals surface area contributed by atoms with Gasteiger partial charge in [0.2, 0.25) is 0 Å². The van der Waals surface area contributed by atoms with Crippen LogP contribution in [0.1, 0.15) is 44.1 Å². The van der Waals surface area contributed by atoms with E-state index in [1.165, 1.54) is 32.1 Å². The van der Waals surface area contributed by atoms with Crippen LogP contribution in [0.5, 0.6) is 5.75 Å². The average molecular weight is 293 g/mol. The minimum Gasteiger partial charge on any atom is -0.493 e. The highest BCUT2D eigenvalue weighted by Gasteiger charge is 2.12. The van der Waals surface area contributed by atoms with E-state index >= 15 is 0 Å². The summed E-state index contributed by atoms with van der Waals surface area (Å²) in [6.07, 6.45) is 7.81. The molecule has 0 heterocycles. The predicted molar refractivity (Wildman–Crippen MR) is 85.3 cm³/mol. The molecule has 1 aliphatic carbocycles. The molecule has 0 aliphatic heterocycles. The largest absolute Gasteiger partial charge is 0.493 e. The van der Waals surface area contributed by atoms with Crippen LogP contribution in [-0.4, -0.2) is 24.3 Å². The number of rotatable bonds is 7. The van der Waals surface area contributed by atoms with Gasteiger partial charge in [-0.2, -0.15) is 0 Å². The molecule has 110 valence electrons. The maximum Gasteiger partial charge on any atom is 0.119 e. The van der Waals surface area contributed by atoms with Gasteiger partial charge in [0.1, 0.15) is 10.7 Å². The molecule has 4 heteroatoms. The summed E-state index contributed by atoms with van der Waals surface area (Å²) in [7, 11) is 0. The second-order valence-corrected chi connectivity index (χ2v) is 5.66. The summed E-state index contributed by atoms with van der Waals surface area (Å²) >= 11 is 4.95. The molecule has 1 aromatic carbocycles. The number of nitrogens with two attached hydrogens (primary N) is 1. The SMILES string of the molecule is NC(=S)c1cccc(OCCCOC2CCCCC2)c1. The zero-order valence-corrected chi connectivity index (χ0v) is 12.7. The van der Waals surface area contributed by atoms with E-state index in [4.69, 9.17) is 27.4 Å². The van der Waals surface area contributed by atoms with Gasteiger partial charge in [-0.3, -0.25) is 0 Å². The molecule has 0 radical (unpaired) electrons. The Morgan fingerprint density at radius 1 is 1.20 bits per heavy atom. The summed E-state index contributed by atoms with van der Waals surface area (Å²) < 4.78 is 11.6. The van der Waals surface area contributed by atoms with E-state index in [2.05, 4.69) is 0 Å². The molecule has 1 aromatic rings. The Bertz CT molecular complexity index is 430. The molecule has 0 atom stereocenters. The van der Waals surface area contributed by atoms with Crippen LogP contribution in [0.25, 0.3) is 0 Å². The predicted octanol–water partition coefficient (Wildman–Crippen LogP) is 3.44. The van der Waals surface area contributed by atoms with Gasteiger partial charge in [0.25, 0.3) is 0 Å². The third-order valence-electron chi connectivity index (χ3n) is 3.58. The molecule has 3 nitrogen and oxygen atoms in total. The number of hydrogen-bond acceptors (Lipinski definition) is 3. The molecule has 0 spiro atoms. The van der Waals surface area contributed by atoms with Gasteiger partial charge < -0.3 is 15.2 Å². The van der Waals surface area contributed by atoms with Crippen molar-refractivity contribution in [2.24, 2.45) is 5.73 Å². The molecule has 1 saturated carbocycles. The second-order valence-electron chi connectivity index (χ2n) is 5.22. The number of ether oxygens (including phenoxy) is 2. The Labute approximate surface area is 126 Å². The smallest absolute Gasteiger partial charge is 0.119 e. The summed E-state index contributed by atoms with van der Waals surface area (Å²) in [5.74, 6) is 0.813. The summed E-state index contributed by atoms with van der Waals surface area (Å²) in [5.41, 5.74) is 6.44. The van der Waals surface area contributed by atoms with Crippen LogP contribution in [0.3, 0.4) is 0 Å². The van der Waals surface area contributed by atoms with Crippen LogP contribution in [0.15, 0.2) is 24.3 Å². The topological polar surface area (TPSA) is 44.5 Å². The first-order valence-corrected chi connectivity index (χ1v) is 7.81.